The Morgan fingerprint density at radius 1 is 1.21 bits per heavy atom. The van der Waals surface area contributed by atoms with Gasteiger partial charge in [0.05, 0.1) is 0 Å². The Kier molecular flexibility index (Phi) is 6.39. The molecule has 1 nitrogen and oxygen atoms in total. The van der Waals surface area contributed by atoms with E-state index in [2.05, 4.69) is 52.4 Å². The standard InChI is InChI=1S/C17H26BrN/c1-2-19-17(12-9-14-5-3-4-6-14)13-15-7-10-16(18)11-8-15/h7-8,10-11,14,17,19H,2-6,9,12-13H2,1H3. The summed E-state index contributed by atoms with van der Waals surface area (Å²) in [5, 5.41) is 3.66. The number of benzene rings is 1. The fourth-order valence-electron chi connectivity index (χ4n) is 3.21. The Morgan fingerprint density at radius 2 is 1.89 bits per heavy atom. The van der Waals surface area contributed by atoms with Crippen LogP contribution < -0.4 is 5.32 Å². The van der Waals surface area contributed by atoms with Crippen LogP contribution in [0.2, 0.25) is 0 Å². The highest BCUT2D eigenvalue weighted by molar-refractivity contribution is 9.10. The molecule has 0 aromatic heterocycles. The van der Waals surface area contributed by atoms with Gasteiger partial charge in [0.1, 0.15) is 0 Å². The van der Waals surface area contributed by atoms with Crippen molar-refractivity contribution in [1.82, 2.24) is 5.32 Å². The van der Waals surface area contributed by atoms with Crippen molar-refractivity contribution in [2.24, 2.45) is 5.92 Å². The maximum atomic E-state index is 3.66. The van der Waals surface area contributed by atoms with Crippen molar-refractivity contribution in [2.45, 2.75) is 57.9 Å². The van der Waals surface area contributed by atoms with Crippen molar-refractivity contribution in [1.29, 1.82) is 0 Å². The molecule has 0 heterocycles. The maximum absolute atomic E-state index is 3.66. The lowest BCUT2D eigenvalue weighted by Crippen LogP contribution is -2.31. The Bertz CT molecular complexity index is 354. The molecule has 0 bridgehead atoms. The quantitative estimate of drug-likeness (QED) is 0.749. The van der Waals surface area contributed by atoms with Gasteiger partial charge in [0.25, 0.3) is 0 Å². The van der Waals surface area contributed by atoms with E-state index in [-0.39, 0.29) is 0 Å². The molecule has 0 spiro atoms. The first-order valence-corrected chi connectivity index (χ1v) is 8.55. The van der Waals surface area contributed by atoms with Crippen molar-refractivity contribution in [3.05, 3.63) is 34.3 Å². The number of rotatable bonds is 7. The van der Waals surface area contributed by atoms with Gasteiger partial charge in [-0.1, -0.05) is 60.7 Å². The van der Waals surface area contributed by atoms with Crippen LogP contribution in [0, 0.1) is 5.92 Å². The van der Waals surface area contributed by atoms with E-state index >= 15 is 0 Å². The van der Waals surface area contributed by atoms with Crippen LogP contribution in [0.5, 0.6) is 0 Å². The summed E-state index contributed by atoms with van der Waals surface area (Å²) in [7, 11) is 0. The SMILES string of the molecule is CCNC(CCC1CCCC1)Cc1ccc(Br)cc1. The van der Waals surface area contributed by atoms with Crippen LogP contribution in [-0.4, -0.2) is 12.6 Å². The summed E-state index contributed by atoms with van der Waals surface area (Å²) < 4.78 is 1.17. The van der Waals surface area contributed by atoms with Crippen LogP contribution in [-0.2, 0) is 6.42 Å². The molecule has 1 unspecified atom stereocenters. The molecule has 0 radical (unpaired) electrons. The summed E-state index contributed by atoms with van der Waals surface area (Å²) in [6, 6.07) is 9.42. The largest absolute Gasteiger partial charge is 0.314 e. The Balaban J connectivity index is 1.82. The summed E-state index contributed by atoms with van der Waals surface area (Å²) in [6.07, 6.45) is 9.76. The lowest BCUT2D eigenvalue weighted by molar-refractivity contribution is 0.407. The highest BCUT2D eigenvalue weighted by Gasteiger charge is 2.17. The Labute approximate surface area is 126 Å². The minimum atomic E-state index is 0.645. The molecule has 1 aliphatic rings. The van der Waals surface area contributed by atoms with E-state index in [0.29, 0.717) is 6.04 Å². The van der Waals surface area contributed by atoms with Crippen LogP contribution in [0.15, 0.2) is 28.7 Å². The molecule has 2 rings (SSSR count). The zero-order chi connectivity index (χ0) is 13.5. The zero-order valence-corrected chi connectivity index (χ0v) is 13.6. The monoisotopic (exact) mass is 323 g/mol. The van der Waals surface area contributed by atoms with Crippen molar-refractivity contribution < 1.29 is 0 Å². The van der Waals surface area contributed by atoms with Crippen molar-refractivity contribution in [2.75, 3.05) is 6.54 Å². The van der Waals surface area contributed by atoms with E-state index in [9.17, 15) is 0 Å². The van der Waals surface area contributed by atoms with Crippen LogP contribution in [0.25, 0.3) is 0 Å². The molecule has 0 saturated heterocycles. The van der Waals surface area contributed by atoms with Gasteiger partial charge in [-0.3, -0.25) is 0 Å². The van der Waals surface area contributed by atoms with E-state index < -0.39 is 0 Å². The highest BCUT2D eigenvalue weighted by Crippen LogP contribution is 2.29. The Morgan fingerprint density at radius 3 is 2.53 bits per heavy atom. The van der Waals surface area contributed by atoms with E-state index in [1.807, 2.05) is 0 Å². The molecule has 1 aliphatic carbocycles. The second kappa shape index (κ2) is 8.06. The first kappa shape index (κ1) is 15.1. The van der Waals surface area contributed by atoms with E-state index in [4.69, 9.17) is 0 Å². The predicted molar refractivity (Wildman–Crippen MR) is 86.5 cm³/mol. The third kappa shape index (κ3) is 5.27. The molecule has 1 aromatic carbocycles. The Hall–Kier alpha value is -0.340. The fraction of sp³-hybridized carbons (Fsp3) is 0.647. The molecule has 1 saturated carbocycles. The number of hydrogen-bond donors (Lipinski definition) is 1. The van der Waals surface area contributed by atoms with Crippen LogP contribution in [0.1, 0.15) is 51.0 Å². The molecule has 19 heavy (non-hydrogen) atoms. The summed E-state index contributed by atoms with van der Waals surface area (Å²) in [6.45, 7) is 3.29. The topological polar surface area (TPSA) is 12.0 Å². The summed E-state index contributed by atoms with van der Waals surface area (Å²) in [5.41, 5.74) is 1.44. The van der Waals surface area contributed by atoms with Crippen molar-refractivity contribution in [3.8, 4) is 0 Å². The molecule has 1 aromatic rings. The smallest absolute Gasteiger partial charge is 0.0175 e. The van der Waals surface area contributed by atoms with Crippen molar-refractivity contribution >= 4 is 15.9 Å². The number of hydrogen-bond acceptors (Lipinski definition) is 1. The van der Waals surface area contributed by atoms with Crippen LogP contribution in [0.3, 0.4) is 0 Å². The normalized spacial score (nSPS) is 17.8. The number of halogens is 1. The second-order valence-corrected chi connectivity index (χ2v) is 6.73. The molecule has 0 aliphatic heterocycles. The predicted octanol–water partition coefficient (Wildman–Crippen LogP) is 4.94. The van der Waals surface area contributed by atoms with Crippen LogP contribution in [0.4, 0.5) is 0 Å². The van der Waals surface area contributed by atoms with E-state index in [1.54, 1.807) is 0 Å². The minimum Gasteiger partial charge on any atom is -0.314 e. The fourth-order valence-corrected chi connectivity index (χ4v) is 3.47. The molecule has 2 heteroatoms. The van der Waals surface area contributed by atoms with E-state index in [0.717, 1.165) is 18.9 Å². The van der Waals surface area contributed by atoms with Gasteiger partial charge in [0.15, 0.2) is 0 Å². The minimum absolute atomic E-state index is 0.645. The van der Waals surface area contributed by atoms with Gasteiger partial charge in [-0.15, -0.1) is 0 Å². The molecule has 1 N–H and O–H groups in total. The van der Waals surface area contributed by atoms with Gasteiger partial charge >= 0.3 is 0 Å². The average molecular weight is 324 g/mol. The molecule has 0 amide bonds. The lowest BCUT2D eigenvalue weighted by Gasteiger charge is -2.20. The lowest BCUT2D eigenvalue weighted by atomic mass is 9.95. The molecule has 1 atom stereocenters. The summed E-state index contributed by atoms with van der Waals surface area (Å²) in [4.78, 5) is 0. The number of likely N-dealkylation sites (N-methyl/N-ethyl adjacent to an activating group) is 1. The average Bonchev–Trinajstić information content (AvgIpc) is 2.92. The van der Waals surface area contributed by atoms with Gasteiger partial charge in [0, 0.05) is 10.5 Å². The first-order chi connectivity index (χ1) is 9.28. The maximum Gasteiger partial charge on any atom is 0.0175 e. The highest BCUT2D eigenvalue weighted by atomic mass is 79.9. The van der Waals surface area contributed by atoms with Gasteiger partial charge in [-0.25, -0.2) is 0 Å². The molecule has 1 fully saturated rings. The van der Waals surface area contributed by atoms with Gasteiger partial charge in [-0.2, -0.15) is 0 Å². The van der Waals surface area contributed by atoms with Crippen LogP contribution >= 0.6 is 15.9 Å². The molecular formula is C17H26BrN. The zero-order valence-electron chi connectivity index (χ0n) is 12.0. The first-order valence-electron chi connectivity index (χ1n) is 7.75. The van der Waals surface area contributed by atoms with E-state index in [1.165, 1.54) is 48.6 Å². The third-order valence-electron chi connectivity index (χ3n) is 4.29. The van der Waals surface area contributed by atoms with Gasteiger partial charge in [-0.05, 0) is 49.4 Å². The summed E-state index contributed by atoms with van der Waals surface area (Å²) in [5.74, 6) is 1.01. The molecule has 106 valence electrons. The number of nitrogens with one attached hydrogen (secondary N) is 1. The third-order valence-corrected chi connectivity index (χ3v) is 4.81. The molecular weight excluding hydrogens is 298 g/mol. The van der Waals surface area contributed by atoms with Crippen molar-refractivity contribution in [3.63, 3.8) is 0 Å². The van der Waals surface area contributed by atoms with Gasteiger partial charge < -0.3 is 5.32 Å². The second-order valence-electron chi connectivity index (χ2n) is 5.81. The summed E-state index contributed by atoms with van der Waals surface area (Å²) >= 11 is 3.50. The van der Waals surface area contributed by atoms with Gasteiger partial charge in [0.2, 0.25) is 0 Å².